The quantitative estimate of drug-likeness (QED) is 0.441. The van der Waals surface area contributed by atoms with Crippen molar-refractivity contribution in [2.75, 3.05) is 33.8 Å². The first kappa shape index (κ1) is 20.5. The number of hydrogen-bond acceptors (Lipinski definition) is 6. The fraction of sp³-hybridized carbons (Fsp3) is 0.318. The summed E-state index contributed by atoms with van der Waals surface area (Å²) in [5.74, 6) is -0.865. The van der Waals surface area contributed by atoms with Gasteiger partial charge in [-0.3, -0.25) is 14.6 Å². The Balaban J connectivity index is 2.13. The van der Waals surface area contributed by atoms with Gasteiger partial charge in [0.25, 0.3) is 11.7 Å². The average Bonchev–Trinajstić information content (AvgIpc) is 2.97. The minimum Gasteiger partial charge on any atom is -0.507 e. The lowest BCUT2D eigenvalue weighted by atomic mass is 9.95. The first-order valence-electron chi connectivity index (χ1n) is 9.50. The zero-order valence-corrected chi connectivity index (χ0v) is 16.8. The summed E-state index contributed by atoms with van der Waals surface area (Å²) in [7, 11) is 3.80. The lowest BCUT2D eigenvalue weighted by Crippen LogP contribution is -2.35. The number of amides is 1. The van der Waals surface area contributed by atoms with E-state index in [2.05, 4.69) is 4.98 Å². The second-order valence-electron chi connectivity index (χ2n) is 7.04. The third-order valence-corrected chi connectivity index (χ3v) is 4.77. The number of likely N-dealkylation sites (N-methyl/N-ethyl adjacent to an activating group) is 1. The molecular weight excluding hydrogens is 370 g/mol. The van der Waals surface area contributed by atoms with Gasteiger partial charge in [0.05, 0.1) is 18.2 Å². The largest absolute Gasteiger partial charge is 0.507 e. The maximum Gasteiger partial charge on any atom is 0.295 e. The van der Waals surface area contributed by atoms with E-state index in [1.807, 2.05) is 50.2 Å². The van der Waals surface area contributed by atoms with Crippen LogP contribution in [0.25, 0.3) is 5.76 Å². The molecule has 2 aromatic rings. The van der Waals surface area contributed by atoms with Gasteiger partial charge in [0, 0.05) is 31.0 Å². The molecule has 1 atom stereocenters. The molecule has 152 valence electrons. The number of aliphatic hydroxyl groups is 1. The molecule has 0 radical (unpaired) electrons. The Morgan fingerprint density at radius 1 is 1.21 bits per heavy atom. The molecule has 0 aliphatic carbocycles. The van der Waals surface area contributed by atoms with Crippen molar-refractivity contribution >= 4 is 17.4 Å². The molecule has 3 rings (SSSR count). The highest BCUT2D eigenvalue weighted by Crippen LogP contribution is 2.40. The van der Waals surface area contributed by atoms with E-state index in [-0.39, 0.29) is 11.3 Å². The molecule has 1 aliphatic rings. The highest BCUT2D eigenvalue weighted by atomic mass is 16.5. The monoisotopic (exact) mass is 395 g/mol. The SMILES string of the molecule is CCOc1cccc(C2/C(=C(/O)c3ccncc3)C(=O)C(=O)N2CCN(C)C)c1. The highest BCUT2D eigenvalue weighted by Gasteiger charge is 2.46. The smallest absolute Gasteiger partial charge is 0.295 e. The summed E-state index contributed by atoms with van der Waals surface area (Å²) >= 11 is 0. The third-order valence-electron chi connectivity index (χ3n) is 4.77. The number of nitrogens with zero attached hydrogens (tertiary/aromatic N) is 3. The maximum absolute atomic E-state index is 12.9. The van der Waals surface area contributed by atoms with Crippen LogP contribution in [-0.2, 0) is 9.59 Å². The van der Waals surface area contributed by atoms with E-state index in [1.54, 1.807) is 12.1 Å². The maximum atomic E-state index is 12.9. The number of carbonyl (C=O) groups is 2. The topological polar surface area (TPSA) is 83.0 Å². The van der Waals surface area contributed by atoms with Gasteiger partial charge in [0.15, 0.2) is 0 Å². The van der Waals surface area contributed by atoms with E-state index >= 15 is 0 Å². The lowest BCUT2D eigenvalue weighted by molar-refractivity contribution is -0.140. The Morgan fingerprint density at radius 3 is 2.59 bits per heavy atom. The Morgan fingerprint density at radius 2 is 1.93 bits per heavy atom. The molecule has 1 saturated heterocycles. The Bertz CT molecular complexity index is 925. The highest BCUT2D eigenvalue weighted by molar-refractivity contribution is 6.46. The summed E-state index contributed by atoms with van der Waals surface area (Å²) in [6.07, 6.45) is 3.06. The minimum atomic E-state index is -0.691. The second-order valence-corrected chi connectivity index (χ2v) is 7.04. The molecule has 29 heavy (non-hydrogen) atoms. The second kappa shape index (κ2) is 8.87. The van der Waals surface area contributed by atoms with Gasteiger partial charge in [0.1, 0.15) is 11.5 Å². The summed E-state index contributed by atoms with van der Waals surface area (Å²) in [5, 5.41) is 10.9. The normalized spacial score (nSPS) is 18.5. The van der Waals surface area contributed by atoms with Crippen molar-refractivity contribution in [3.8, 4) is 5.75 Å². The average molecular weight is 395 g/mol. The van der Waals surface area contributed by atoms with Crippen LogP contribution in [-0.4, -0.2) is 65.4 Å². The number of ketones is 1. The van der Waals surface area contributed by atoms with E-state index < -0.39 is 17.7 Å². The van der Waals surface area contributed by atoms with Crippen LogP contribution < -0.4 is 4.74 Å². The molecule has 0 spiro atoms. The molecular formula is C22H25N3O4. The van der Waals surface area contributed by atoms with Gasteiger partial charge in [-0.05, 0) is 50.8 Å². The van der Waals surface area contributed by atoms with Crippen LogP contribution in [0, 0.1) is 0 Å². The van der Waals surface area contributed by atoms with Crippen molar-refractivity contribution in [1.29, 1.82) is 0 Å². The number of carbonyl (C=O) groups excluding carboxylic acids is 2. The number of benzene rings is 1. The van der Waals surface area contributed by atoms with Crippen LogP contribution >= 0.6 is 0 Å². The molecule has 0 bridgehead atoms. The summed E-state index contributed by atoms with van der Waals surface area (Å²) in [4.78, 5) is 33.1. The fourth-order valence-corrected chi connectivity index (χ4v) is 3.37. The molecule has 2 heterocycles. The van der Waals surface area contributed by atoms with Crippen LogP contribution in [0.1, 0.15) is 24.1 Å². The van der Waals surface area contributed by atoms with Crippen LogP contribution in [0.3, 0.4) is 0 Å². The predicted molar refractivity (Wildman–Crippen MR) is 109 cm³/mol. The van der Waals surface area contributed by atoms with Gasteiger partial charge in [-0.15, -0.1) is 0 Å². The summed E-state index contributed by atoms with van der Waals surface area (Å²) in [6.45, 7) is 3.33. The van der Waals surface area contributed by atoms with Crippen molar-refractivity contribution < 1.29 is 19.4 Å². The molecule has 1 fully saturated rings. The number of Topliss-reactive ketones (excluding diaryl/α,β-unsaturated/α-hetero) is 1. The number of likely N-dealkylation sites (tertiary alicyclic amines) is 1. The summed E-state index contributed by atoms with van der Waals surface area (Å²) < 4.78 is 5.59. The van der Waals surface area contributed by atoms with Gasteiger partial charge in [-0.1, -0.05) is 12.1 Å². The molecule has 7 nitrogen and oxygen atoms in total. The third kappa shape index (κ3) is 4.30. The number of pyridine rings is 1. The van der Waals surface area contributed by atoms with E-state index in [0.29, 0.717) is 36.6 Å². The predicted octanol–water partition coefficient (Wildman–Crippen LogP) is 2.46. The zero-order valence-electron chi connectivity index (χ0n) is 16.8. The van der Waals surface area contributed by atoms with E-state index in [0.717, 1.165) is 0 Å². The first-order valence-corrected chi connectivity index (χ1v) is 9.50. The van der Waals surface area contributed by atoms with Crippen molar-refractivity contribution in [3.05, 3.63) is 65.5 Å². The van der Waals surface area contributed by atoms with E-state index in [1.165, 1.54) is 17.3 Å². The molecule has 1 aromatic carbocycles. The summed E-state index contributed by atoms with van der Waals surface area (Å²) in [5.41, 5.74) is 1.23. The molecule has 7 heteroatoms. The summed E-state index contributed by atoms with van der Waals surface area (Å²) in [6, 6.07) is 9.81. The van der Waals surface area contributed by atoms with Crippen LogP contribution in [0.2, 0.25) is 0 Å². The van der Waals surface area contributed by atoms with Crippen molar-refractivity contribution in [2.45, 2.75) is 13.0 Å². The number of ether oxygens (including phenoxy) is 1. The van der Waals surface area contributed by atoms with Gasteiger partial charge in [-0.25, -0.2) is 0 Å². The van der Waals surface area contributed by atoms with Gasteiger partial charge < -0.3 is 19.6 Å². The molecule has 1 aromatic heterocycles. The first-order chi connectivity index (χ1) is 13.9. The molecule has 1 aliphatic heterocycles. The standard InChI is InChI=1S/C22H25N3O4/c1-4-29-17-7-5-6-16(14-17)19-18(20(26)15-8-10-23-11-9-15)21(27)22(28)25(19)13-12-24(2)3/h5-11,14,19,26H,4,12-13H2,1-3H3/b20-18-. The Hall–Kier alpha value is -3.19. The zero-order chi connectivity index (χ0) is 21.0. The van der Waals surface area contributed by atoms with Gasteiger partial charge in [0.2, 0.25) is 0 Å². The number of rotatable bonds is 7. The van der Waals surface area contributed by atoms with Gasteiger partial charge >= 0.3 is 0 Å². The van der Waals surface area contributed by atoms with Crippen LogP contribution in [0.4, 0.5) is 0 Å². The van der Waals surface area contributed by atoms with Crippen molar-refractivity contribution in [3.63, 3.8) is 0 Å². The van der Waals surface area contributed by atoms with E-state index in [9.17, 15) is 14.7 Å². The lowest BCUT2D eigenvalue weighted by Gasteiger charge is -2.26. The number of aliphatic hydroxyl groups excluding tert-OH is 1. The minimum absolute atomic E-state index is 0.0774. The van der Waals surface area contributed by atoms with Crippen molar-refractivity contribution in [2.24, 2.45) is 0 Å². The Kier molecular flexibility index (Phi) is 6.29. The molecule has 1 unspecified atom stereocenters. The van der Waals surface area contributed by atoms with E-state index in [4.69, 9.17) is 4.74 Å². The van der Waals surface area contributed by atoms with Gasteiger partial charge in [-0.2, -0.15) is 0 Å². The van der Waals surface area contributed by atoms with Crippen LogP contribution in [0.15, 0.2) is 54.4 Å². The molecule has 0 saturated carbocycles. The van der Waals surface area contributed by atoms with Crippen molar-refractivity contribution in [1.82, 2.24) is 14.8 Å². The molecule has 1 amide bonds. The molecule has 1 N–H and O–H groups in total. The fourth-order valence-electron chi connectivity index (χ4n) is 3.37. The van der Waals surface area contributed by atoms with Crippen LogP contribution in [0.5, 0.6) is 5.75 Å². The number of hydrogen-bond donors (Lipinski definition) is 1. The number of aromatic nitrogens is 1. The Labute approximate surface area is 170 Å².